The Balaban J connectivity index is 2.13. The topological polar surface area (TPSA) is 50.4 Å². The normalized spacial score (nSPS) is 10.1. The van der Waals surface area contributed by atoms with E-state index >= 15 is 0 Å². The number of urea groups is 1. The van der Waals surface area contributed by atoms with Gasteiger partial charge in [0.05, 0.1) is 23.5 Å². The predicted octanol–water partition coefficient (Wildman–Crippen LogP) is 4.79. The third-order valence-electron chi connectivity index (χ3n) is 2.59. The van der Waals surface area contributed by atoms with Crippen molar-refractivity contribution in [3.63, 3.8) is 0 Å². The molecule has 0 bridgehead atoms. The van der Waals surface area contributed by atoms with E-state index < -0.39 is 11.8 Å². The molecule has 0 spiro atoms. The maximum absolute atomic E-state index is 13.1. The predicted molar refractivity (Wildman–Crippen MR) is 82.1 cm³/mol. The second-order valence-electron chi connectivity index (χ2n) is 4.05. The first kappa shape index (κ1) is 15.4. The van der Waals surface area contributed by atoms with Gasteiger partial charge in [-0.05, 0) is 30.3 Å². The Morgan fingerprint density at radius 3 is 2.52 bits per heavy atom. The van der Waals surface area contributed by atoms with Gasteiger partial charge in [-0.25, -0.2) is 9.18 Å². The summed E-state index contributed by atoms with van der Waals surface area (Å²) < 4.78 is 18.1. The third kappa shape index (κ3) is 4.00. The highest BCUT2D eigenvalue weighted by Crippen LogP contribution is 2.27. The Kier molecular flexibility index (Phi) is 4.88. The molecule has 4 nitrogen and oxygen atoms in total. The lowest BCUT2D eigenvalue weighted by atomic mass is 10.3. The second-order valence-corrected chi connectivity index (χ2v) is 4.89. The number of nitrogens with one attached hydrogen (secondary N) is 2. The number of methoxy groups -OCH3 is 1. The zero-order valence-corrected chi connectivity index (χ0v) is 12.4. The van der Waals surface area contributed by atoms with E-state index in [1.54, 1.807) is 12.1 Å². The number of hydrogen-bond donors (Lipinski definition) is 2. The molecular weight excluding hydrogens is 318 g/mol. The Hall–Kier alpha value is -1.98. The highest BCUT2D eigenvalue weighted by Gasteiger charge is 2.10. The van der Waals surface area contributed by atoms with Gasteiger partial charge in [-0.15, -0.1) is 0 Å². The molecule has 0 radical (unpaired) electrons. The van der Waals surface area contributed by atoms with Crippen LogP contribution < -0.4 is 15.4 Å². The molecule has 2 aromatic carbocycles. The van der Waals surface area contributed by atoms with Crippen molar-refractivity contribution in [3.8, 4) is 5.75 Å². The van der Waals surface area contributed by atoms with E-state index in [9.17, 15) is 9.18 Å². The average molecular weight is 329 g/mol. The molecule has 21 heavy (non-hydrogen) atoms. The van der Waals surface area contributed by atoms with Crippen LogP contribution in [-0.2, 0) is 0 Å². The number of ether oxygens (including phenoxy) is 1. The van der Waals surface area contributed by atoms with Crippen LogP contribution in [0.15, 0.2) is 36.4 Å². The van der Waals surface area contributed by atoms with Gasteiger partial charge in [0.25, 0.3) is 0 Å². The minimum atomic E-state index is -0.552. The molecule has 2 rings (SSSR count). The summed E-state index contributed by atoms with van der Waals surface area (Å²) in [7, 11) is 1.38. The molecule has 0 fully saturated rings. The van der Waals surface area contributed by atoms with Crippen LogP contribution in [0, 0.1) is 5.82 Å². The number of hydrogen-bond acceptors (Lipinski definition) is 2. The largest absolute Gasteiger partial charge is 0.494 e. The third-order valence-corrected chi connectivity index (χ3v) is 3.15. The summed E-state index contributed by atoms with van der Waals surface area (Å²) in [6.45, 7) is 0. The lowest BCUT2D eigenvalue weighted by molar-refractivity contribution is 0.262. The fraction of sp³-hybridized carbons (Fsp3) is 0.0714. The van der Waals surface area contributed by atoms with Gasteiger partial charge in [-0.1, -0.05) is 23.2 Å². The van der Waals surface area contributed by atoms with E-state index in [1.165, 1.54) is 31.4 Å². The average Bonchev–Trinajstić information content (AvgIpc) is 2.44. The first-order valence-electron chi connectivity index (χ1n) is 5.86. The van der Waals surface area contributed by atoms with Crippen molar-refractivity contribution >= 4 is 40.6 Å². The molecule has 2 aromatic rings. The molecule has 0 heterocycles. The van der Waals surface area contributed by atoms with Crippen LogP contribution in [0.25, 0.3) is 0 Å². The summed E-state index contributed by atoms with van der Waals surface area (Å²) in [5.74, 6) is -0.252. The molecule has 7 heteroatoms. The molecular formula is C14H11Cl2FN2O2. The standard InChI is InChI=1S/C14H11Cl2FN2O2/c1-21-13-7-9(17)3-5-11(13)18-14(20)19-12-6-8(15)2-4-10(12)16/h2-7H,1H3,(H2,18,19,20). The minimum absolute atomic E-state index is 0.211. The summed E-state index contributed by atoms with van der Waals surface area (Å²) in [4.78, 5) is 11.9. The molecule has 0 aliphatic carbocycles. The smallest absolute Gasteiger partial charge is 0.323 e. The summed E-state index contributed by atoms with van der Waals surface area (Å²) in [6.07, 6.45) is 0. The summed E-state index contributed by atoms with van der Waals surface area (Å²) >= 11 is 11.8. The molecule has 0 saturated carbocycles. The SMILES string of the molecule is COc1cc(F)ccc1NC(=O)Nc1cc(Cl)ccc1Cl. The van der Waals surface area contributed by atoms with Crippen LogP contribution in [0.1, 0.15) is 0 Å². The number of halogens is 3. The van der Waals surface area contributed by atoms with Gasteiger partial charge >= 0.3 is 6.03 Å². The highest BCUT2D eigenvalue weighted by molar-refractivity contribution is 6.35. The van der Waals surface area contributed by atoms with Gasteiger partial charge in [0.2, 0.25) is 0 Å². The number of anilines is 2. The van der Waals surface area contributed by atoms with Crippen LogP contribution in [-0.4, -0.2) is 13.1 Å². The lowest BCUT2D eigenvalue weighted by Gasteiger charge is -2.12. The number of carbonyl (C=O) groups excluding carboxylic acids is 1. The van der Waals surface area contributed by atoms with Crippen LogP contribution in [0.3, 0.4) is 0 Å². The van der Waals surface area contributed by atoms with Crippen molar-refractivity contribution in [3.05, 3.63) is 52.3 Å². The van der Waals surface area contributed by atoms with Crippen molar-refractivity contribution in [2.75, 3.05) is 17.7 Å². The van der Waals surface area contributed by atoms with E-state index in [0.29, 0.717) is 21.4 Å². The van der Waals surface area contributed by atoms with Gasteiger partial charge in [0.1, 0.15) is 11.6 Å². The quantitative estimate of drug-likeness (QED) is 0.851. The number of amides is 2. The number of benzene rings is 2. The molecule has 0 atom stereocenters. The van der Waals surface area contributed by atoms with Crippen molar-refractivity contribution in [2.24, 2.45) is 0 Å². The first-order chi connectivity index (χ1) is 9.99. The highest BCUT2D eigenvalue weighted by atomic mass is 35.5. The van der Waals surface area contributed by atoms with E-state index in [-0.39, 0.29) is 5.75 Å². The van der Waals surface area contributed by atoms with E-state index in [1.807, 2.05) is 0 Å². The maximum Gasteiger partial charge on any atom is 0.323 e. The molecule has 2 N–H and O–H groups in total. The van der Waals surface area contributed by atoms with Crippen molar-refractivity contribution in [1.82, 2.24) is 0 Å². The molecule has 0 saturated heterocycles. The van der Waals surface area contributed by atoms with Crippen LogP contribution >= 0.6 is 23.2 Å². The Bertz CT molecular complexity index is 680. The molecule has 2 amide bonds. The van der Waals surface area contributed by atoms with Crippen LogP contribution in [0.4, 0.5) is 20.6 Å². The summed E-state index contributed by atoms with van der Waals surface area (Å²) in [6, 6.07) is 7.92. The van der Waals surface area contributed by atoms with E-state index in [0.717, 1.165) is 0 Å². The Morgan fingerprint density at radius 1 is 1.10 bits per heavy atom. The molecule has 0 aliphatic rings. The summed E-state index contributed by atoms with van der Waals surface area (Å²) in [5.41, 5.74) is 0.692. The first-order valence-corrected chi connectivity index (χ1v) is 6.62. The van der Waals surface area contributed by atoms with Crippen molar-refractivity contribution in [2.45, 2.75) is 0 Å². The molecule has 0 unspecified atom stereocenters. The zero-order chi connectivity index (χ0) is 15.4. The molecule has 0 aliphatic heterocycles. The minimum Gasteiger partial charge on any atom is -0.494 e. The van der Waals surface area contributed by atoms with E-state index in [2.05, 4.69) is 10.6 Å². The van der Waals surface area contributed by atoms with Gasteiger partial charge < -0.3 is 15.4 Å². The fourth-order valence-corrected chi connectivity index (χ4v) is 1.97. The van der Waals surface area contributed by atoms with Gasteiger partial charge in [-0.3, -0.25) is 0 Å². The van der Waals surface area contributed by atoms with Crippen molar-refractivity contribution < 1.29 is 13.9 Å². The molecule has 110 valence electrons. The maximum atomic E-state index is 13.1. The van der Waals surface area contributed by atoms with Crippen LogP contribution in [0.5, 0.6) is 5.75 Å². The van der Waals surface area contributed by atoms with Gasteiger partial charge in [0.15, 0.2) is 0 Å². The monoisotopic (exact) mass is 328 g/mol. The second kappa shape index (κ2) is 6.65. The summed E-state index contributed by atoms with van der Waals surface area (Å²) in [5, 5.41) is 5.88. The van der Waals surface area contributed by atoms with Crippen molar-refractivity contribution in [1.29, 1.82) is 0 Å². The Morgan fingerprint density at radius 2 is 1.81 bits per heavy atom. The number of carbonyl (C=O) groups is 1. The van der Waals surface area contributed by atoms with Gasteiger partial charge in [0, 0.05) is 11.1 Å². The zero-order valence-electron chi connectivity index (χ0n) is 10.9. The van der Waals surface area contributed by atoms with Gasteiger partial charge in [-0.2, -0.15) is 0 Å². The number of rotatable bonds is 3. The Labute approximate surface area is 130 Å². The lowest BCUT2D eigenvalue weighted by Crippen LogP contribution is -2.20. The molecule has 0 aromatic heterocycles. The van der Waals surface area contributed by atoms with E-state index in [4.69, 9.17) is 27.9 Å². The fourth-order valence-electron chi connectivity index (χ4n) is 1.64. The van der Waals surface area contributed by atoms with Crippen LogP contribution in [0.2, 0.25) is 10.0 Å².